The second-order valence-corrected chi connectivity index (χ2v) is 4.21. The molecule has 0 saturated heterocycles. The Morgan fingerprint density at radius 3 is 2.57 bits per heavy atom. The van der Waals surface area contributed by atoms with Crippen molar-refractivity contribution in [2.45, 2.75) is 26.3 Å². The van der Waals surface area contributed by atoms with Crippen molar-refractivity contribution in [2.24, 2.45) is 0 Å². The summed E-state index contributed by atoms with van der Waals surface area (Å²) >= 11 is 0. The molecule has 0 radical (unpaired) electrons. The zero-order chi connectivity index (χ0) is 10.8. The summed E-state index contributed by atoms with van der Waals surface area (Å²) in [6, 6.07) is 5.76. The van der Waals surface area contributed by atoms with Crippen molar-refractivity contribution in [3.05, 3.63) is 23.8 Å². The lowest BCUT2D eigenvalue weighted by atomic mass is 10.0. The van der Waals surface area contributed by atoms with Crippen molar-refractivity contribution < 1.29 is 5.11 Å². The van der Waals surface area contributed by atoms with Gasteiger partial charge in [0.05, 0.1) is 23.5 Å². The second kappa shape index (κ2) is 3.88. The van der Waals surface area contributed by atoms with Gasteiger partial charge in [-0.25, -0.2) is 0 Å². The summed E-state index contributed by atoms with van der Waals surface area (Å²) in [5.74, 6) is 0. The van der Waals surface area contributed by atoms with Crippen LogP contribution in [0.5, 0.6) is 0 Å². The molecule has 0 bridgehead atoms. The minimum Gasteiger partial charge on any atom is -0.397 e. The molecule has 0 spiro atoms. The smallest absolute Gasteiger partial charge is 0.0656 e. The Hall–Kier alpha value is -1.22. The average Bonchev–Trinajstić information content (AvgIpc) is 2.12. The molecule has 78 valence electrons. The summed E-state index contributed by atoms with van der Waals surface area (Å²) < 4.78 is 0. The van der Waals surface area contributed by atoms with Crippen LogP contribution in [0.2, 0.25) is 0 Å². The molecule has 0 unspecified atom stereocenters. The van der Waals surface area contributed by atoms with Crippen LogP contribution < -0.4 is 11.1 Å². The first-order chi connectivity index (χ1) is 6.46. The highest BCUT2D eigenvalue weighted by Gasteiger charge is 2.17. The number of aryl methyl sites for hydroxylation is 1. The predicted molar refractivity (Wildman–Crippen MR) is 60.4 cm³/mol. The van der Waals surface area contributed by atoms with Crippen molar-refractivity contribution >= 4 is 11.4 Å². The summed E-state index contributed by atoms with van der Waals surface area (Å²) in [4.78, 5) is 0. The maximum atomic E-state index is 9.13. The van der Waals surface area contributed by atoms with E-state index in [1.807, 2.05) is 39.0 Å². The quantitative estimate of drug-likeness (QED) is 0.643. The lowest BCUT2D eigenvalue weighted by molar-refractivity contribution is 0.234. The first-order valence-corrected chi connectivity index (χ1v) is 4.70. The maximum Gasteiger partial charge on any atom is 0.0656 e. The number of hydrogen-bond acceptors (Lipinski definition) is 3. The summed E-state index contributed by atoms with van der Waals surface area (Å²) in [5.41, 5.74) is 8.20. The van der Waals surface area contributed by atoms with Gasteiger partial charge in [0.25, 0.3) is 0 Å². The highest BCUT2D eigenvalue weighted by molar-refractivity contribution is 5.70. The zero-order valence-electron chi connectivity index (χ0n) is 8.96. The van der Waals surface area contributed by atoms with Crippen molar-refractivity contribution in [1.29, 1.82) is 0 Å². The minimum absolute atomic E-state index is 0.0702. The molecule has 1 aromatic rings. The summed E-state index contributed by atoms with van der Waals surface area (Å²) in [6.45, 7) is 5.92. The summed E-state index contributed by atoms with van der Waals surface area (Å²) in [7, 11) is 0. The molecule has 0 aromatic heterocycles. The predicted octanol–water partition coefficient (Wildman–Crippen LogP) is 1.76. The van der Waals surface area contributed by atoms with Crippen LogP contribution in [0.25, 0.3) is 0 Å². The maximum absolute atomic E-state index is 9.13. The van der Waals surface area contributed by atoms with E-state index in [1.54, 1.807) is 0 Å². The van der Waals surface area contributed by atoms with Crippen LogP contribution in [-0.2, 0) is 0 Å². The highest BCUT2D eigenvalue weighted by atomic mass is 16.3. The monoisotopic (exact) mass is 194 g/mol. The van der Waals surface area contributed by atoms with E-state index in [4.69, 9.17) is 10.8 Å². The molecule has 0 atom stereocenters. The molecular formula is C11H18N2O. The van der Waals surface area contributed by atoms with Crippen molar-refractivity contribution in [2.75, 3.05) is 17.7 Å². The molecule has 0 aliphatic rings. The molecule has 1 rings (SSSR count). The van der Waals surface area contributed by atoms with E-state index in [-0.39, 0.29) is 12.1 Å². The molecule has 0 fully saturated rings. The standard InChI is InChI=1S/C11H18N2O/c1-8-5-4-6-9(12)10(8)13-11(2,3)7-14/h4-6,13-14H,7,12H2,1-3H3. The number of nitrogen functional groups attached to an aromatic ring is 1. The van der Waals surface area contributed by atoms with Gasteiger partial charge in [-0.15, -0.1) is 0 Å². The molecule has 4 N–H and O–H groups in total. The van der Waals surface area contributed by atoms with E-state index >= 15 is 0 Å². The second-order valence-electron chi connectivity index (χ2n) is 4.21. The molecule has 0 heterocycles. The van der Waals surface area contributed by atoms with Crippen molar-refractivity contribution in [1.82, 2.24) is 0 Å². The number of aliphatic hydroxyl groups excluding tert-OH is 1. The molecule has 0 amide bonds. The van der Waals surface area contributed by atoms with Gasteiger partial charge in [0, 0.05) is 0 Å². The highest BCUT2D eigenvalue weighted by Crippen LogP contribution is 2.25. The summed E-state index contributed by atoms with van der Waals surface area (Å²) in [6.07, 6.45) is 0. The van der Waals surface area contributed by atoms with Crippen LogP contribution in [0.1, 0.15) is 19.4 Å². The summed E-state index contributed by atoms with van der Waals surface area (Å²) in [5, 5.41) is 12.4. The van der Waals surface area contributed by atoms with Gasteiger partial charge in [0.15, 0.2) is 0 Å². The molecule has 3 heteroatoms. The Kier molecular flexibility index (Phi) is 3.01. The SMILES string of the molecule is Cc1cccc(N)c1NC(C)(C)CO. The van der Waals surface area contributed by atoms with Crippen LogP contribution in [0, 0.1) is 6.92 Å². The van der Waals surface area contributed by atoms with Crippen LogP contribution in [0.4, 0.5) is 11.4 Å². The number of hydrogen-bond donors (Lipinski definition) is 3. The molecule has 0 saturated carbocycles. The van der Waals surface area contributed by atoms with Gasteiger partial charge in [0.2, 0.25) is 0 Å². The fraction of sp³-hybridized carbons (Fsp3) is 0.455. The molecular weight excluding hydrogens is 176 g/mol. The number of aliphatic hydroxyl groups is 1. The Balaban J connectivity index is 2.97. The van der Waals surface area contributed by atoms with Crippen LogP contribution in [0.15, 0.2) is 18.2 Å². The lowest BCUT2D eigenvalue weighted by Crippen LogP contribution is -2.35. The zero-order valence-corrected chi connectivity index (χ0v) is 8.96. The van der Waals surface area contributed by atoms with Gasteiger partial charge in [-0.05, 0) is 32.4 Å². The molecule has 3 nitrogen and oxygen atoms in total. The number of benzene rings is 1. The largest absolute Gasteiger partial charge is 0.397 e. The van der Waals surface area contributed by atoms with E-state index in [0.29, 0.717) is 5.69 Å². The fourth-order valence-corrected chi connectivity index (χ4v) is 1.24. The van der Waals surface area contributed by atoms with Gasteiger partial charge in [-0.3, -0.25) is 0 Å². The third-order valence-electron chi connectivity index (χ3n) is 2.16. The number of para-hydroxylation sites is 1. The normalized spacial score (nSPS) is 11.4. The van der Waals surface area contributed by atoms with Gasteiger partial charge >= 0.3 is 0 Å². The molecule has 0 aliphatic carbocycles. The lowest BCUT2D eigenvalue weighted by Gasteiger charge is -2.26. The first-order valence-electron chi connectivity index (χ1n) is 4.70. The van der Waals surface area contributed by atoms with E-state index in [2.05, 4.69) is 5.32 Å². The Bertz CT molecular complexity index is 301. The molecule has 14 heavy (non-hydrogen) atoms. The van der Waals surface area contributed by atoms with Gasteiger partial charge < -0.3 is 16.2 Å². The Labute approximate surface area is 84.9 Å². The molecule has 0 aliphatic heterocycles. The van der Waals surface area contributed by atoms with Gasteiger partial charge in [-0.1, -0.05) is 12.1 Å². The number of nitrogens with one attached hydrogen (secondary N) is 1. The van der Waals surface area contributed by atoms with Crippen molar-refractivity contribution in [3.63, 3.8) is 0 Å². The van der Waals surface area contributed by atoms with E-state index in [1.165, 1.54) is 0 Å². The van der Waals surface area contributed by atoms with E-state index in [9.17, 15) is 0 Å². The molecule has 1 aromatic carbocycles. The van der Waals surface area contributed by atoms with Gasteiger partial charge in [0.1, 0.15) is 0 Å². The number of anilines is 2. The van der Waals surface area contributed by atoms with Crippen LogP contribution >= 0.6 is 0 Å². The Morgan fingerprint density at radius 2 is 2.07 bits per heavy atom. The topological polar surface area (TPSA) is 58.3 Å². The number of nitrogens with two attached hydrogens (primary N) is 1. The average molecular weight is 194 g/mol. The third-order valence-corrected chi connectivity index (χ3v) is 2.16. The first kappa shape index (κ1) is 10.9. The van der Waals surface area contributed by atoms with Crippen LogP contribution in [-0.4, -0.2) is 17.3 Å². The minimum atomic E-state index is -0.347. The van der Waals surface area contributed by atoms with E-state index in [0.717, 1.165) is 11.3 Å². The van der Waals surface area contributed by atoms with E-state index < -0.39 is 0 Å². The third kappa shape index (κ3) is 2.39. The fourth-order valence-electron chi connectivity index (χ4n) is 1.24. The van der Waals surface area contributed by atoms with Crippen molar-refractivity contribution in [3.8, 4) is 0 Å². The Morgan fingerprint density at radius 1 is 1.43 bits per heavy atom. The van der Waals surface area contributed by atoms with Crippen LogP contribution in [0.3, 0.4) is 0 Å². The number of rotatable bonds is 3. The van der Waals surface area contributed by atoms with Gasteiger partial charge in [-0.2, -0.15) is 0 Å².